The first kappa shape index (κ1) is 33.0. The molecule has 0 radical (unpaired) electrons. The van der Waals surface area contributed by atoms with E-state index in [1.165, 1.54) is 44.5 Å². The third-order valence-corrected chi connectivity index (χ3v) is 11.7. The number of anilines is 3. The van der Waals surface area contributed by atoms with Crippen LogP contribution in [-0.2, 0) is 5.41 Å². The summed E-state index contributed by atoms with van der Waals surface area (Å²) in [5.74, 6) is 0. The molecule has 2 nitrogen and oxygen atoms in total. The molecule has 1 aliphatic carbocycles. The number of benzene rings is 9. The van der Waals surface area contributed by atoms with E-state index in [0.717, 1.165) is 50.1 Å². The molecule has 1 heterocycles. The first-order chi connectivity index (χ1) is 28.3. The Morgan fingerprint density at radius 2 is 0.895 bits per heavy atom. The maximum absolute atomic E-state index is 6.93. The minimum absolute atomic E-state index is 0.508. The quantitative estimate of drug-likeness (QED) is 0.163. The van der Waals surface area contributed by atoms with Crippen LogP contribution in [0.5, 0.6) is 0 Å². The Bertz CT molecular complexity index is 2950. The van der Waals surface area contributed by atoms with Crippen molar-refractivity contribution in [2.45, 2.75) is 5.41 Å². The standard InChI is InChI=1S/C55H37NO/c1-5-18-38(19-6-1)40-34-41(39-20-7-2-8-21-39)36-45(35-40)56(44-24-11-4-12-25-44)51-30-17-31-52-54(51)48-33-32-43(37-53(48)57-52)55(42-22-9-3-10-23-42)49-28-15-13-26-46(49)47-27-14-16-29-50(47)55/h1-37H. The maximum Gasteiger partial charge on any atom is 0.137 e. The number of nitrogens with zero attached hydrogens (tertiary/aromatic N) is 1. The molecule has 0 bridgehead atoms. The summed E-state index contributed by atoms with van der Waals surface area (Å²) in [6, 6.07) is 81.0. The van der Waals surface area contributed by atoms with Gasteiger partial charge in [-0.1, -0.05) is 176 Å². The van der Waals surface area contributed by atoms with Gasteiger partial charge in [-0.05, 0) is 104 Å². The molecule has 10 aromatic rings. The van der Waals surface area contributed by atoms with Gasteiger partial charge in [0.15, 0.2) is 0 Å². The predicted molar refractivity (Wildman–Crippen MR) is 237 cm³/mol. The van der Waals surface area contributed by atoms with Crippen LogP contribution < -0.4 is 4.90 Å². The third kappa shape index (κ3) is 5.26. The SMILES string of the molecule is c1ccc(-c2cc(-c3ccccc3)cc(N(c3ccccc3)c3cccc4oc5cc(C6(c7ccccc7)c7ccccc7-c7ccccc76)ccc5c34)c2)cc1. The van der Waals surface area contributed by atoms with Crippen molar-refractivity contribution in [1.29, 1.82) is 0 Å². The highest BCUT2D eigenvalue weighted by Crippen LogP contribution is 2.56. The minimum atomic E-state index is -0.508. The highest BCUT2D eigenvalue weighted by Gasteiger charge is 2.46. The van der Waals surface area contributed by atoms with E-state index in [0.29, 0.717) is 0 Å². The zero-order valence-corrected chi connectivity index (χ0v) is 31.2. The van der Waals surface area contributed by atoms with Crippen LogP contribution in [0.25, 0.3) is 55.3 Å². The summed E-state index contributed by atoms with van der Waals surface area (Å²) in [5.41, 5.74) is 16.6. The van der Waals surface area contributed by atoms with Crippen LogP contribution in [-0.4, -0.2) is 0 Å². The molecular formula is C55H37NO. The van der Waals surface area contributed by atoms with E-state index < -0.39 is 5.41 Å². The van der Waals surface area contributed by atoms with E-state index in [-0.39, 0.29) is 0 Å². The van der Waals surface area contributed by atoms with Gasteiger partial charge in [-0.2, -0.15) is 0 Å². The Morgan fingerprint density at radius 3 is 1.51 bits per heavy atom. The molecule has 1 aliphatic rings. The lowest BCUT2D eigenvalue weighted by atomic mass is 9.67. The molecule has 0 spiro atoms. The van der Waals surface area contributed by atoms with Gasteiger partial charge in [-0.15, -0.1) is 0 Å². The molecule has 0 atom stereocenters. The molecule has 0 saturated heterocycles. The number of fused-ring (bicyclic) bond motifs is 6. The summed E-state index contributed by atoms with van der Waals surface area (Å²) in [6.45, 7) is 0. The Kier molecular flexibility index (Phi) is 7.75. The Hall–Kier alpha value is -7.42. The van der Waals surface area contributed by atoms with E-state index in [9.17, 15) is 0 Å². The monoisotopic (exact) mass is 727 g/mol. The molecule has 57 heavy (non-hydrogen) atoms. The first-order valence-electron chi connectivity index (χ1n) is 19.6. The van der Waals surface area contributed by atoms with Gasteiger partial charge >= 0.3 is 0 Å². The van der Waals surface area contributed by atoms with E-state index in [2.05, 4.69) is 229 Å². The molecule has 11 rings (SSSR count). The zero-order valence-electron chi connectivity index (χ0n) is 31.2. The Labute approximate surface area is 332 Å². The third-order valence-electron chi connectivity index (χ3n) is 11.7. The molecule has 0 fully saturated rings. The zero-order chi connectivity index (χ0) is 37.8. The molecule has 0 saturated carbocycles. The average Bonchev–Trinajstić information content (AvgIpc) is 3.82. The Morgan fingerprint density at radius 1 is 0.351 bits per heavy atom. The maximum atomic E-state index is 6.93. The van der Waals surface area contributed by atoms with E-state index in [4.69, 9.17) is 4.42 Å². The second-order valence-corrected chi connectivity index (χ2v) is 14.8. The van der Waals surface area contributed by atoms with Crippen LogP contribution in [0.1, 0.15) is 22.3 Å². The number of furan rings is 1. The molecule has 2 heteroatoms. The van der Waals surface area contributed by atoms with Gasteiger partial charge in [0, 0.05) is 16.8 Å². The first-order valence-corrected chi connectivity index (χ1v) is 19.6. The normalized spacial score (nSPS) is 12.7. The molecule has 0 aliphatic heterocycles. The largest absolute Gasteiger partial charge is 0.456 e. The van der Waals surface area contributed by atoms with E-state index >= 15 is 0 Å². The lowest BCUT2D eigenvalue weighted by molar-refractivity contribution is 0.665. The number of rotatable bonds is 7. The summed E-state index contributed by atoms with van der Waals surface area (Å²) in [4.78, 5) is 2.39. The van der Waals surface area contributed by atoms with Gasteiger partial charge in [-0.25, -0.2) is 0 Å². The second kappa shape index (κ2) is 13.4. The van der Waals surface area contributed by atoms with Gasteiger partial charge in [-0.3, -0.25) is 0 Å². The fourth-order valence-corrected chi connectivity index (χ4v) is 9.28. The molecule has 9 aromatic carbocycles. The highest BCUT2D eigenvalue weighted by atomic mass is 16.3. The van der Waals surface area contributed by atoms with Gasteiger partial charge in [0.1, 0.15) is 11.2 Å². The summed E-state index contributed by atoms with van der Waals surface area (Å²) in [6.07, 6.45) is 0. The second-order valence-electron chi connectivity index (χ2n) is 14.8. The topological polar surface area (TPSA) is 16.4 Å². The molecule has 268 valence electrons. The fourth-order valence-electron chi connectivity index (χ4n) is 9.28. The van der Waals surface area contributed by atoms with Crippen LogP contribution in [0.2, 0.25) is 0 Å². The molecule has 0 unspecified atom stereocenters. The average molecular weight is 728 g/mol. The number of para-hydroxylation sites is 1. The number of hydrogen-bond acceptors (Lipinski definition) is 2. The van der Waals surface area contributed by atoms with Crippen LogP contribution in [0.4, 0.5) is 17.1 Å². The van der Waals surface area contributed by atoms with Crippen LogP contribution in [0, 0.1) is 0 Å². The smallest absolute Gasteiger partial charge is 0.137 e. The van der Waals surface area contributed by atoms with Crippen LogP contribution in [0.3, 0.4) is 0 Å². The van der Waals surface area contributed by atoms with Crippen molar-refractivity contribution in [3.63, 3.8) is 0 Å². The molecule has 1 aromatic heterocycles. The van der Waals surface area contributed by atoms with E-state index in [1.807, 2.05) is 0 Å². The molecule has 0 amide bonds. The molecular weight excluding hydrogens is 691 g/mol. The fraction of sp³-hybridized carbons (Fsp3) is 0.0182. The summed E-state index contributed by atoms with van der Waals surface area (Å²) in [5, 5.41) is 2.16. The summed E-state index contributed by atoms with van der Waals surface area (Å²) >= 11 is 0. The lowest BCUT2D eigenvalue weighted by Crippen LogP contribution is -2.28. The van der Waals surface area contributed by atoms with Crippen LogP contribution in [0.15, 0.2) is 229 Å². The van der Waals surface area contributed by atoms with Crippen molar-refractivity contribution in [3.8, 4) is 33.4 Å². The van der Waals surface area contributed by atoms with Gasteiger partial charge in [0.05, 0.1) is 16.5 Å². The van der Waals surface area contributed by atoms with Crippen molar-refractivity contribution < 1.29 is 4.42 Å². The predicted octanol–water partition coefficient (Wildman–Crippen LogP) is 14.8. The van der Waals surface area contributed by atoms with Crippen LogP contribution >= 0.6 is 0 Å². The van der Waals surface area contributed by atoms with Crippen molar-refractivity contribution in [2.24, 2.45) is 0 Å². The molecule has 0 N–H and O–H groups in total. The van der Waals surface area contributed by atoms with Gasteiger partial charge < -0.3 is 9.32 Å². The Balaban J connectivity index is 1.15. The highest BCUT2D eigenvalue weighted by molar-refractivity contribution is 6.13. The van der Waals surface area contributed by atoms with Crippen molar-refractivity contribution in [2.75, 3.05) is 4.90 Å². The van der Waals surface area contributed by atoms with Gasteiger partial charge in [0.2, 0.25) is 0 Å². The summed E-state index contributed by atoms with van der Waals surface area (Å²) < 4.78 is 6.93. The van der Waals surface area contributed by atoms with Crippen molar-refractivity contribution in [3.05, 3.63) is 247 Å². The lowest BCUT2D eigenvalue weighted by Gasteiger charge is -2.33. The summed E-state index contributed by atoms with van der Waals surface area (Å²) in [7, 11) is 0. The van der Waals surface area contributed by atoms with Gasteiger partial charge in [0.25, 0.3) is 0 Å². The van der Waals surface area contributed by atoms with Crippen molar-refractivity contribution in [1.82, 2.24) is 0 Å². The van der Waals surface area contributed by atoms with Crippen molar-refractivity contribution >= 4 is 39.0 Å². The number of hydrogen-bond donors (Lipinski definition) is 0. The van der Waals surface area contributed by atoms with E-state index in [1.54, 1.807) is 0 Å². The minimum Gasteiger partial charge on any atom is -0.456 e.